The summed E-state index contributed by atoms with van der Waals surface area (Å²) in [6, 6.07) is 11.9. The maximum Gasteiger partial charge on any atom is 0.251 e. The zero-order chi connectivity index (χ0) is 18.1. The molecular formula is C19H21N3O3S. The minimum atomic E-state index is -0.112. The molecular weight excluding hydrogens is 350 g/mol. The van der Waals surface area contributed by atoms with E-state index >= 15 is 0 Å². The highest BCUT2D eigenvalue weighted by atomic mass is 32.1. The van der Waals surface area contributed by atoms with Gasteiger partial charge in [0.25, 0.3) is 5.91 Å². The zero-order valence-corrected chi connectivity index (χ0v) is 15.3. The first-order chi connectivity index (χ1) is 12.6. The van der Waals surface area contributed by atoms with Crippen LogP contribution in [0.25, 0.3) is 0 Å². The molecule has 7 heteroatoms. The van der Waals surface area contributed by atoms with E-state index in [4.69, 9.17) is 4.74 Å². The first kappa shape index (κ1) is 17.1. The van der Waals surface area contributed by atoms with Crippen molar-refractivity contribution in [3.63, 3.8) is 0 Å². The van der Waals surface area contributed by atoms with Crippen molar-refractivity contribution < 1.29 is 14.3 Å². The maximum atomic E-state index is 12.4. The number of amides is 2. The van der Waals surface area contributed by atoms with E-state index in [-0.39, 0.29) is 17.9 Å². The van der Waals surface area contributed by atoms with Gasteiger partial charge in [-0.2, -0.15) is 0 Å². The van der Waals surface area contributed by atoms with E-state index in [1.54, 1.807) is 36.4 Å². The summed E-state index contributed by atoms with van der Waals surface area (Å²) in [6.45, 7) is 1.47. The monoisotopic (exact) mass is 371 g/mol. The van der Waals surface area contributed by atoms with Gasteiger partial charge in [0, 0.05) is 30.6 Å². The number of carbonyl (C=O) groups is 2. The van der Waals surface area contributed by atoms with E-state index in [2.05, 4.69) is 16.0 Å². The van der Waals surface area contributed by atoms with E-state index < -0.39 is 0 Å². The van der Waals surface area contributed by atoms with Crippen molar-refractivity contribution in [2.75, 3.05) is 5.32 Å². The summed E-state index contributed by atoms with van der Waals surface area (Å²) in [5, 5.41) is 10.8. The van der Waals surface area contributed by atoms with Crippen LogP contribution in [0.3, 0.4) is 0 Å². The van der Waals surface area contributed by atoms with Crippen LogP contribution in [-0.2, 0) is 4.79 Å². The summed E-state index contributed by atoms with van der Waals surface area (Å²) >= 11 is 1.35. The van der Waals surface area contributed by atoms with Crippen LogP contribution in [0.2, 0.25) is 0 Å². The van der Waals surface area contributed by atoms with E-state index in [9.17, 15) is 9.59 Å². The first-order valence-electron chi connectivity index (χ1n) is 8.79. The molecule has 2 saturated heterocycles. The average molecular weight is 371 g/mol. The number of hydrogen-bond donors (Lipinski definition) is 3. The molecule has 0 spiro atoms. The lowest BCUT2D eigenvalue weighted by atomic mass is 9.95. The molecule has 3 atom stereocenters. The fourth-order valence-corrected chi connectivity index (χ4v) is 4.46. The molecule has 26 heavy (non-hydrogen) atoms. The summed E-state index contributed by atoms with van der Waals surface area (Å²) in [7, 11) is 0. The van der Waals surface area contributed by atoms with Crippen LogP contribution in [-0.4, -0.2) is 29.9 Å². The van der Waals surface area contributed by atoms with Crippen molar-refractivity contribution >= 4 is 28.2 Å². The Morgan fingerprint density at radius 2 is 1.96 bits per heavy atom. The normalized spacial score (nSPS) is 23.7. The predicted octanol–water partition coefficient (Wildman–Crippen LogP) is 3.12. The number of fused-ring (bicyclic) bond motifs is 2. The van der Waals surface area contributed by atoms with Crippen LogP contribution < -0.4 is 20.7 Å². The number of anilines is 1. The third kappa shape index (κ3) is 3.73. The van der Waals surface area contributed by atoms with E-state index in [1.165, 1.54) is 24.7 Å². The minimum Gasteiger partial charge on any atom is -0.447 e. The largest absolute Gasteiger partial charge is 0.447 e. The third-order valence-corrected chi connectivity index (χ3v) is 5.71. The van der Waals surface area contributed by atoms with Gasteiger partial charge in [-0.3, -0.25) is 9.59 Å². The van der Waals surface area contributed by atoms with E-state index in [0.717, 1.165) is 17.8 Å². The third-order valence-electron chi connectivity index (χ3n) is 4.83. The summed E-state index contributed by atoms with van der Waals surface area (Å²) in [5.74, 6) is 0.499. The Labute approximate surface area is 155 Å². The van der Waals surface area contributed by atoms with Gasteiger partial charge < -0.3 is 20.7 Å². The van der Waals surface area contributed by atoms with E-state index in [1.807, 2.05) is 0 Å². The number of carbonyl (C=O) groups excluding carboxylic acids is 2. The highest BCUT2D eigenvalue weighted by Crippen LogP contribution is 2.33. The van der Waals surface area contributed by atoms with Gasteiger partial charge in [-0.15, -0.1) is 0 Å². The zero-order valence-electron chi connectivity index (χ0n) is 14.5. The molecule has 0 radical (unpaired) electrons. The highest BCUT2D eigenvalue weighted by Gasteiger charge is 2.39. The number of nitrogens with one attached hydrogen (secondary N) is 3. The van der Waals surface area contributed by atoms with Crippen molar-refractivity contribution in [2.45, 2.75) is 44.3 Å². The summed E-state index contributed by atoms with van der Waals surface area (Å²) < 4.78 is 5.77. The second-order valence-corrected chi connectivity index (χ2v) is 7.84. The lowest BCUT2D eigenvalue weighted by molar-refractivity contribution is -0.114. The summed E-state index contributed by atoms with van der Waals surface area (Å²) in [5.41, 5.74) is 0.630. The molecule has 2 aliphatic rings. The van der Waals surface area contributed by atoms with Gasteiger partial charge in [-0.1, -0.05) is 11.3 Å². The van der Waals surface area contributed by atoms with Crippen LogP contribution in [0, 0.1) is 0 Å². The molecule has 2 aliphatic heterocycles. The molecule has 2 aromatic rings. The molecule has 0 aliphatic carbocycles. The number of ether oxygens (including phenoxy) is 1. The number of thiophene rings is 1. The van der Waals surface area contributed by atoms with Gasteiger partial charge in [-0.05, 0) is 55.7 Å². The molecule has 136 valence electrons. The summed E-state index contributed by atoms with van der Waals surface area (Å²) in [6.07, 6.45) is 3.38. The molecule has 3 N–H and O–H groups in total. The topological polar surface area (TPSA) is 79.5 Å². The van der Waals surface area contributed by atoms with Gasteiger partial charge in [0.15, 0.2) is 5.06 Å². The van der Waals surface area contributed by atoms with Crippen molar-refractivity contribution in [1.29, 1.82) is 0 Å². The Hall–Kier alpha value is -2.38. The Kier molecular flexibility index (Phi) is 4.65. The quantitative estimate of drug-likeness (QED) is 0.754. The van der Waals surface area contributed by atoms with Crippen LogP contribution in [0.5, 0.6) is 10.8 Å². The number of hydrogen-bond acceptors (Lipinski definition) is 5. The lowest BCUT2D eigenvalue weighted by Crippen LogP contribution is -2.42. The van der Waals surface area contributed by atoms with Gasteiger partial charge in [0.2, 0.25) is 5.91 Å². The molecule has 0 saturated carbocycles. The summed E-state index contributed by atoms with van der Waals surface area (Å²) in [4.78, 5) is 23.5. The van der Waals surface area contributed by atoms with Crippen molar-refractivity contribution in [3.8, 4) is 10.8 Å². The molecule has 3 heterocycles. The van der Waals surface area contributed by atoms with Gasteiger partial charge >= 0.3 is 0 Å². The highest BCUT2D eigenvalue weighted by molar-refractivity contribution is 7.18. The molecule has 1 aromatic heterocycles. The Morgan fingerprint density at radius 3 is 2.62 bits per heavy atom. The van der Waals surface area contributed by atoms with Crippen LogP contribution >= 0.6 is 11.3 Å². The lowest BCUT2D eigenvalue weighted by Gasteiger charge is -2.21. The second kappa shape index (κ2) is 7.09. The standard InChI is InChI=1S/C19H21N3O3S/c1-11(23)20-17-8-9-18(26-17)25-14-5-2-12(3-6-14)19(24)22-16-10-13-4-7-15(16)21-13/h2-3,5-6,8-9,13,15-16,21H,4,7,10H2,1H3,(H,20,23)(H,22,24). The SMILES string of the molecule is CC(=O)Nc1ccc(Oc2ccc(C(=O)NC3CC4CCC3N4)cc2)s1. The fourth-order valence-electron chi connectivity index (χ4n) is 3.64. The average Bonchev–Trinajstić information content (AvgIpc) is 3.32. The van der Waals surface area contributed by atoms with Crippen molar-refractivity contribution in [1.82, 2.24) is 10.6 Å². The molecule has 2 fully saturated rings. The van der Waals surface area contributed by atoms with Crippen molar-refractivity contribution in [2.24, 2.45) is 0 Å². The Balaban J connectivity index is 1.35. The smallest absolute Gasteiger partial charge is 0.251 e. The van der Waals surface area contributed by atoms with Crippen molar-refractivity contribution in [3.05, 3.63) is 42.0 Å². The Morgan fingerprint density at radius 1 is 1.15 bits per heavy atom. The molecule has 6 nitrogen and oxygen atoms in total. The van der Waals surface area contributed by atoms with Crippen LogP contribution in [0.1, 0.15) is 36.5 Å². The molecule has 3 unspecified atom stereocenters. The first-order valence-corrected chi connectivity index (χ1v) is 9.61. The second-order valence-electron chi connectivity index (χ2n) is 6.79. The van der Waals surface area contributed by atoms with E-state index in [0.29, 0.717) is 28.5 Å². The van der Waals surface area contributed by atoms with Gasteiger partial charge in [0.05, 0.1) is 5.00 Å². The molecule has 1 aromatic carbocycles. The number of rotatable bonds is 5. The van der Waals surface area contributed by atoms with Gasteiger partial charge in [-0.25, -0.2) is 0 Å². The molecule has 4 rings (SSSR count). The number of benzene rings is 1. The van der Waals surface area contributed by atoms with Crippen LogP contribution in [0.4, 0.5) is 5.00 Å². The molecule has 2 bridgehead atoms. The Bertz CT molecular complexity index is 818. The predicted molar refractivity (Wildman–Crippen MR) is 101 cm³/mol. The maximum absolute atomic E-state index is 12.4. The fraction of sp³-hybridized carbons (Fsp3) is 0.368. The van der Waals surface area contributed by atoms with Gasteiger partial charge in [0.1, 0.15) is 5.75 Å². The van der Waals surface area contributed by atoms with Crippen LogP contribution in [0.15, 0.2) is 36.4 Å². The minimum absolute atomic E-state index is 0.0417. The molecule has 2 amide bonds.